The monoisotopic (exact) mass is 370 g/mol. The van der Waals surface area contributed by atoms with Crippen molar-refractivity contribution in [1.29, 1.82) is 0 Å². The minimum absolute atomic E-state index is 0.0452. The number of aryl methyl sites for hydroxylation is 1. The molecule has 0 saturated heterocycles. The van der Waals surface area contributed by atoms with Gasteiger partial charge in [0.05, 0.1) is 0 Å². The van der Waals surface area contributed by atoms with Crippen molar-refractivity contribution in [2.24, 2.45) is 0 Å². The van der Waals surface area contributed by atoms with Gasteiger partial charge in [0.2, 0.25) is 0 Å². The Balaban J connectivity index is 0.000000260. The smallest absolute Gasteiger partial charge is 0.328 e. The zero-order valence-corrected chi connectivity index (χ0v) is 13.3. The van der Waals surface area contributed by atoms with Crippen molar-refractivity contribution >= 4 is 18.0 Å². The number of halogens is 4. The van der Waals surface area contributed by atoms with Gasteiger partial charge in [-0.05, 0) is 36.3 Å². The van der Waals surface area contributed by atoms with E-state index in [4.69, 9.17) is 10.2 Å². The first-order valence-electron chi connectivity index (χ1n) is 7.21. The molecule has 138 valence electrons. The maximum atomic E-state index is 12.9. The Hall–Kier alpha value is -3.16. The van der Waals surface area contributed by atoms with Gasteiger partial charge in [0.15, 0.2) is 0 Å². The summed E-state index contributed by atoms with van der Waals surface area (Å²) in [5, 5.41) is 16.6. The fraction of sp³-hybridized carbons (Fsp3) is 0.111. The summed E-state index contributed by atoms with van der Waals surface area (Å²) in [6.45, 7) is 0. The van der Waals surface area contributed by atoms with Crippen LogP contribution in [0.15, 0.2) is 42.5 Å². The highest BCUT2D eigenvalue weighted by molar-refractivity contribution is 5.85. The molecule has 0 heterocycles. The molecule has 2 N–H and O–H groups in total. The highest BCUT2D eigenvalue weighted by Gasteiger charge is 2.05. The molecule has 0 fully saturated rings. The molecule has 0 aliphatic rings. The van der Waals surface area contributed by atoms with E-state index in [9.17, 15) is 27.2 Å². The predicted octanol–water partition coefficient (Wildman–Crippen LogP) is 4.04. The van der Waals surface area contributed by atoms with Gasteiger partial charge in [-0.15, -0.1) is 0 Å². The van der Waals surface area contributed by atoms with Gasteiger partial charge >= 0.3 is 11.9 Å². The number of carboxylic acids is 2. The number of hydrogen-bond donors (Lipinski definition) is 2. The highest BCUT2D eigenvalue weighted by atomic mass is 19.1. The topological polar surface area (TPSA) is 74.6 Å². The quantitative estimate of drug-likeness (QED) is 0.615. The molecule has 2 rings (SSSR count). The van der Waals surface area contributed by atoms with E-state index in [1.54, 1.807) is 0 Å². The molecule has 0 unspecified atom stereocenters. The van der Waals surface area contributed by atoms with Crippen LogP contribution < -0.4 is 0 Å². The van der Waals surface area contributed by atoms with E-state index >= 15 is 0 Å². The molecule has 8 heteroatoms. The first-order chi connectivity index (χ1) is 12.2. The van der Waals surface area contributed by atoms with Crippen LogP contribution in [0, 0.1) is 23.3 Å². The van der Waals surface area contributed by atoms with Crippen LogP contribution in [0.1, 0.15) is 17.5 Å². The van der Waals surface area contributed by atoms with Crippen molar-refractivity contribution in [2.75, 3.05) is 0 Å². The molecule has 0 atom stereocenters. The van der Waals surface area contributed by atoms with E-state index < -0.39 is 35.2 Å². The Morgan fingerprint density at radius 3 is 1.96 bits per heavy atom. The average molecular weight is 370 g/mol. The van der Waals surface area contributed by atoms with Crippen molar-refractivity contribution in [3.05, 3.63) is 76.9 Å². The summed E-state index contributed by atoms with van der Waals surface area (Å²) in [4.78, 5) is 20.2. The van der Waals surface area contributed by atoms with Crippen molar-refractivity contribution in [1.82, 2.24) is 0 Å². The van der Waals surface area contributed by atoms with Crippen LogP contribution in [0.25, 0.3) is 6.08 Å². The SMILES string of the molecule is O=C(O)C=Cc1ccc(F)cc1F.O=C(O)CCc1ccc(F)cc1F. The molecule has 0 aromatic heterocycles. The number of carbonyl (C=O) groups is 2. The second-order valence-corrected chi connectivity index (χ2v) is 4.97. The third-order valence-electron chi connectivity index (χ3n) is 2.99. The molecule has 26 heavy (non-hydrogen) atoms. The molecular weight excluding hydrogens is 356 g/mol. The van der Waals surface area contributed by atoms with Gasteiger partial charge in [-0.3, -0.25) is 4.79 Å². The lowest BCUT2D eigenvalue weighted by molar-refractivity contribution is -0.137. The lowest BCUT2D eigenvalue weighted by Gasteiger charge is -2.00. The van der Waals surface area contributed by atoms with Gasteiger partial charge in [-0.1, -0.05) is 6.07 Å². The maximum absolute atomic E-state index is 12.9. The van der Waals surface area contributed by atoms with Crippen molar-refractivity contribution in [3.8, 4) is 0 Å². The molecule has 0 bridgehead atoms. The normalized spacial score (nSPS) is 10.3. The predicted molar refractivity (Wildman–Crippen MR) is 85.3 cm³/mol. The summed E-state index contributed by atoms with van der Waals surface area (Å²) >= 11 is 0. The third-order valence-corrected chi connectivity index (χ3v) is 2.99. The van der Waals surface area contributed by atoms with E-state index in [1.165, 1.54) is 12.1 Å². The molecule has 0 aliphatic carbocycles. The van der Waals surface area contributed by atoms with Gasteiger partial charge in [-0.2, -0.15) is 0 Å². The van der Waals surface area contributed by atoms with E-state index in [0.717, 1.165) is 30.4 Å². The summed E-state index contributed by atoms with van der Waals surface area (Å²) in [6, 6.07) is 6.04. The molecule has 2 aromatic carbocycles. The summed E-state index contributed by atoms with van der Waals surface area (Å²) in [5.41, 5.74) is 0.271. The lowest BCUT2D eigenvalue weighted by atomic mass is 10.1. The van der Waals surface area contributed by atoms with Crippen LogP contribution in [0.5, 0.6) is 0 Å². The molecular formula is C18H14F4O4. The first-order valence-corrected chi connectivity index (χ1v) is 7.21. The molecule has 4 nitrogen and oxygen atoms in total. The Morgan fingerprint density at radius 1 is 0.885 bits per heavy atom. The Kier molecular flexibility index (Phi) is 8.01. The zero-order chi connectivity index (χ0) is 19.7. The summed E-state index contributed by atoms with van der Waals surface area (Å²) in [5.74, 6) is -4.99. The summed E-state index contributed by atoms with van der Waals surface area (Å²) in [7, 11) is 0. The average Bonchev–Trinajstić information content (AvgIpc) is 2.53. The van der Waals surface area contributed by atoms with Crippen LogP contribution in [0.3, 0.4) is 0 Å². The van der Waals surface area contributed by atoms with Crippen LogP contribution in [-0.2, 0) is 16.0 Å². The number of carboxylic acid groups (broad SMARTS) is 2. The molecule has 2 aromatic rings. The fourth-order valence-electron chi connectivity index (χ4n) is 1.76. The number of rotatable bonds is 5. The van der Waals surface area contributed by atoms with Crippen LogP contribution in [-0.4, -0.2) is 22.2 Å². The van der Waals surface area contributed by atoms with E-state index in [0.29, 0.717) is 6.07 Å². The van der Waals surface area contributed by atoms with Gasteiger partial charge in [-0.25, -0.2) is 22.4 Å². The molecule has 0 spiro atoms. The van der Waals surface area contributed by atoms with Crippen LogP contribution in [0.4, 0.5) is 17.6 Å². The lowest BCUT2D eigenvalue weighted by Crippen LogP contribution is -1.99. The van der Waals surface area contributed by atoms with Gasteiger partial charge in [0.25, 0.3) is 0 Å². The summed E-state index contributed by atoms with van der Waals surface area (Å²) in [6.07, 6.45) is 1.79. The number of hydrogen-bond acceptors (Lipinski definition) is 2. The Labute approximate surface area is 146 Å². The number of benzene rings is 2. The van der Waals surface area contributed by atoms with Crippen molar-refractivity contribution in [3.63, 3.8) is 0 Å². The minimum atomic E-state index is -1.18. The second-order valence-electron chi connectivity index (χ2n) is 4.97. The maximum Gasteiger partial charge on any atom is 0.328 e. The largest absolute Gasteiger partial charge is 0.481 e. The van der Waals surface area contributed by atoms with E-state index in [-0.39, 0.29) is 24.0 Å². The molecule has 0 aliphatic heterocycles. The Bertz CT molecular complexity index is 819. The van der Waals surface area contributed by atoms with E-state index in [1.807, 2.05) is 0 Å². The highest BCUT2D eigenvalue weighted by Crippen LogP contribution is 2.12. The zero-order valence-electron chi connectivity index (χ0n) is 13.3. The number of aliphatic carboxylic acids is 2. The second kappa shape index (κ2) is 9.97. The summed E-state index contributed by atoms with van der Waals surface area (Å²) < 4.78 is 50.4. The van der Waals surface area contributed by atoms with Gasteiger partial charge in [0.1, 0.15) is 23.3 Å². The van der Waals surface area contributed by atoms with Gasteiger partial charge in [0, 0.05) is 30.2 Å². The van der Waals surface area contributed by atoms with Crippen molar-refractivity contribution < 1.29 is 37.4 Å². The molecule has 0 saturated carbocycles. The Morgan fingerprint density at radius 2 is 1.46 bits per heavy atom. The van der Waals surface area contributed by atoms with E-state index in [2.05, 4.69) is 0 Å². The van der Waals surface area contributed by atoms with Crippen LogP contribution in [0.2, 0.25) is 0 Å². The minimum Gasteiger partial charge on any atom is -0.481 e. The molecule has 0 amide bonds. The van der Waals surface area contributed by atoms with Crippen molar-refractivity contribution in [2.45, 2.75) is 12.8 Å². The third kappa shape index (κ3) is 7.61. The molecule has 0 radical (unpaired) electrons. The van der Waals surface area contributed by atoms with Gasteiger partial charge < -0.3 is 10.2 Å². The van der Waals surface area contributed by atoms with Crippen LogP contribution >= 0.6 is 0 Å². The fourth-order valence-corrected chi connectivity index (χ4v) is 1.76. The first kappa shape index (κ1) is 20.9. The standard InChI is InChI=1S/C9H8F2O2.C9H6F2O2/c2*10-7-3-1-6(8(11)5-7)2-4-9(12)13/h1,3,5H,2,4H2,(H,12,13);1-5H,(H,12,13).